The lowest BCUT2D eigenvalue weighted by molar-refractivity contribution is 0.463. The van der Waals surface area contributed by atoms with Crippen molar-refractivity contribution in [3.05, 3.63) is 34.9 Å². The Bertz CT molecular complexity index is 333. The van der Waals surface area contributed by atoms with Crippen molar-refractivity contribution in [2.45, 2.75) is 18.2 Å². The Morgan fingerprint density at radius 2 is 1.71 bits per heavy atom. The van der Waals surface area contributed by atoms with E-state index in [1.807, 2.05) is 0 Å². The summed E-state index contributed by atoms with van der Waals surface area (Å²) in [6, 6.07) is 6.62. The molecule has 0 spiro atoms. The van der Waals surface area contributed by atoms with Gasteiger partial charge in [-0.15, -0.1) is 0 Å². The van der Waals surface area contributed by atoms with E-state index in [9.17, 15) is 12.9 Å². The second kappa shape index (κ2) is 3.19. The highest BCUT2D eigenvalue weighted by atomic mass is 35.5. The van der Waals surface area contributed by atoms with Gasteiger partial charge in [0.05, 0.1) is 0 Å². The Morgan fingerprint density at radius 1 is 1.14 bits per heavy atom. The van der Waals surface area contributed by atoms with Crippen molar-refractivity contribution in [3.63, 3.8) is 0 Å². The van der Waals surface area contributed by atoms with E-state index in [1.54, 1.807) is 24.3 Å². The minimum absolute atomic E-state index is 0.241. The van der Waals surface area contributed by atoms with Crippen LogP contribution in [0.2, 0.25) is 10.8 Å². The molecule has 1 aromatic carbocycles. The van der Waals surface area contributed by atoms with Gasteiger partial charge in [0.2, 0.25) is 0 Å². The SMILES string of the molecule is F[B-](F)(F)[C@@H]1C[C@H]1c1ccc(Cl)cc1. The van der Waals surface area contributed by atoms with Crippen LogP contribution in [0.25, 0.3) is 0 Å². The summed E-state index contributed by atoms with van der Waals surface area (Å²) in [6.45, 7) is -4.67. The van der Waals surface area contributed by atoms with Crippen LogP contribution >= 0.6 is 11.6 Å². The van der Waals surface area contributed by atoms with Crippen molar-refractivity contribution in [1.29, 1.82) is 0 Å². The highest BCUT2D eigenvalue weighted by molar-refractivity contribution is 6.61. The van der Waals surface area contributed by atoms with E-state index in [1.165, 1.54) is 0 Å². The Labute approximate surface area is 85.1 Å². The lowest BCUT2D eigenvalue weighted by Gasteiger charge is -2.12. The smallest absolute Gasteiger partial charge is 0.449 e. The molecule has 0 unspecified atom stereocenters. The van der Waals surface area contributed by atoms with Crippen LogP contribution in [-0.4, -0.2) is 6.98 Å². The molecule has 0 heterocycles. The lowest BCUT2D eigenvalue weighted by Crippen LogP contribution is -2.15. The monoisotopic (exact) mass is 219 g/mol. The average molecular weight is 219 g/mol. The lowest BCUT2D eigenvalue weighted by atomic mass is 9.81. The fourth-order valence-electron chi connectivity index (χ4n) is 1.73. The first-order chi connectivity index (χ1) is 6.48. The molecule has 2 atom stereocenters. The maximum atomic E-state index is 12.3. The average Bonchev–Trinajstić information content (AvgIpc) is 2.83. The van der Waals surface area contributed by atoms with Gasteiger partial charge >= 0.3 is 6.98 Å². The van der Waals surface area contributed by atoms with Crippen LogP contribution in [0.5, 0.6) is 0 Å². The molecule has 0 bridgehead atoms. The molecule has 5 heteroatoms. The second-order valence-corrected chi connectivity index (χ2v) is 4.12. The summed E-state index contributed by atoms with van der Waals surface area (Å²) in [5.41, 5.74) is 0.749. The summed E-state index contributed by atoms with van der Waals surface area (Å²) in [6.07, 6.45) is 0.241. The van der Waals surface area contributed by atoms with E-state index in [0.717, 1.165) is 5.56 Å². The third-order valence-corrected chi connectivity index (χ3v) is 2.88. The second-order valence-electron chi connectivity index (χ2n) is 3.68. The van der Waals surface area contributed by atoms with Gasteiger partial charge in [0.25, 0.3) is 0 Å². The largest absolute Gasteiger partial charge is 0.481 e. The molecular weight excluding hydrogens is 211 g/mol. The van der Waals surface area contributed by atoms with Crippen molar-refractivity contribution in [2.75, 3.05) is 0 Å². The van der Waals surface area contributed by atoms with Gasteiger partial charge in [0.1, 0.15) is 0 Å². The molecule has 0 amide bonds. The molecular formula is C9H8BClF3-. The molecule has 1 aliphatic rings. The molecule has 1 fully saturated rings. The highest BCUT2D eigenvalue weighted by Crippen LogP contribution is 2.59. The summed E-state index contributed by atoms with van der Waals surface area (Å²) >= 11 is 5.64. The Morgan fingerprint density at radius 3 is 2.14 bits per heavy atom. The van der Waals surface area contributed by atoms with Gasteiger partial charge in [-0.25, -0.2) is 0 Å². The molecule has 0 N–H and O–H groups in total. The summed E-state index contributed by atoms with van der Waals surface area (Å²) in [5, 5.41) is 0.559. The molecule has 0 aliphatic heterocycles. The number of benzene rings is 1. The summed E-state index contributed by atoms with van der Waals surface area (Å²) in [5.74, 6) is -1.41. The molecule has 2 rings (SSSR count). The minimum atomic E-state index is -4.67. The molecule has 0 saturated heterocycles. The Hall–Kier alpha value is -0.635. The Kier molecular flexibility index (Phi) is 2.26. The molecule has 0 radical (unpaired) electrons. The number of rotatable bonds is 2. The van der Waals surface area contributed by atoms with Crippen LogP contribution < -0.4 is 0 Å². The molecule has 1 aromatic rings. The summed E-state index contributed by atoms with van der Waals surface area (Å²) < 4.78 is 36.9. The number of hydrogen-bond acceptors (Lipinski definition) is 0. The van der Waals surface area contributed by atoms with Gasteiger partial charge in [-0.2, -0.15) is 0 Å². The van der Waals surface area contributed by atoms with E-state index >= 15 is 0 Å². The topological polar surface area (TPSA) is 0 Å². The van der Waals surface area contributed by atoms with E-state index in [0.29, 0.717) is 5.02 Å². The normalized spacial score (nSPS) is 26.3. The molecule has 1 aliphatic carbocycles. The fourth-order valence-corrected chi connectivity index (χ4v) is 1.85. The first-order valence-electron chi connectivity index (χ1n) is 4.44. The van der Waals surface area contributed by atoms with Gasteiger partial charge in [-0.1, -0.05) is 36.0 Å². The van der Waals surface area contributed by atoms with Crippen molar-refractivity contribution in [1.82, 2.24) is 0 Å². The quantitative estimate of drug-likeness (QED) is 0.658. The predicted molar refractivity (Wildman–Crippen MR) is 51.6 cm³/mol. The van der Waals surface area contributed by atoms with Crippen LogP contribution in [0.4, 0.5) is 12.9 Å². The number of hydrogen-bond donors (Lipinski definition) is 0. The van der Waals surface area contributed by atoms with E-state index in [4.69, 9.17) is 11.6 Å². The minimum Gasteiger partial charge on any atom is -0.449 e. The van der Waals surface area contributed by atoms with Crippen LogP contribution in [0.15, 0.2) is 24.3 Å². The van der Waals surface area contributed by atoms with Crippen molar-refractivity contribution in [2.24, 2.45) is 0 Å². The zero-order chi connectivity index (χ0) is 10.3. The molecule has 0 aromatic heterocycles. The van der Waals surface area contributed by atoms with Gasteiger partial charge in [-0.05, 0) is 23.6 Å². The maximum Gasteiger partial charge on any atom is 0.481 e. The Balaban J connectivity index is 2.10. The molecule has 1 saturated carbocycles. The zero-order valence-electron chi connectivity index (χ0n) is 7.26. The predicted octanol–water partition coefficient (Wildman–Crippen LogP) is 4.04. The first-order valence-corrected chi connectivity index (χ1v) is 4.81. The van der Waals surface area contributed by atoms with E-state index in [2.05, 4.69) is 0 Å². The van der Waals surface area contributed by atoms with Gasteiger partial charge in [0.15, 0.2) is 0 Å². The van der Waals surface area contributed by atoms with Gasteiger partial charge in [0, 0.05) is 5.02 Å². The van der Waals surface area contributed by atoms with Crippen molar-refractivity contribution >= 4 is 18.6 Å². The molecule has 14 heavy (non-hydrogen) atoms. The van der Waals surface area contributed by atoms with Crippen LogP contribution in [0.3, 0.4) is 0 Å². The third kappa shape index (κ3) is 1.90. The van der Waals surface area contributed by atoms with Crippen LogP contribution in [0.1, 0.15) is 17.9 Å². The summed E-state index contributed by atoms with van der Waals surface area (Å²) in [4.78, 5) is 0. The molecule has 76 valence electrons. The van der Waals surface area contributed by atoms with Gasteiger partial charge < -0.3 is 12.9 Å². The van der Waals surface area contributed by atoms with Gasteiger partial charge in [-0.3, -0.25) is 0 Å². The third-order valence-electron chi connectivity index (χ3n) is 2.62. The highest BCUT2D eigenvalue weighted by Gasteiger charge is 2.51. The number of halogens is 4. The van der Waals surface area contributed by atoms with Crippen molar-refractivity contribution < 1.29 is 12.9 Å². The maximum absolute atomic E-state index is 12.3. The van der Waals surface area contributed by atoms with E-state index < -0.39 is 12.8 Å². The van der Waals surface area contributed by atoms with Crippen LogP contribution in [-0.2, 0) is 0 Å². The van der Waals surface area contributed by atoms with Crippen LogP contribution in [0, 0.1) is 0 Å². The first kappa shape index (κ1) is 9.90. The van der Waals surface area contributed by atoms with E-state index in [-0.39, 0.29) is 12.3 Å². The molecule has 0 nitrogen and oxygen atoms in total. The fraction of sp³-hybridized carbons (Fsp3) is 0.333. The zero-order valence-corrected chi connectivity index (χ0v) is 8.02. The standard InChI is InChI=1S/C9H8BClF3/c11-7-3-1-6(2-4-7)8-5-9(8)10(12,13)14/h1-4,8-9H,5H2/q-1/t8-,9+/m0/s1. The van der Waals surface area contributed by atoms with Crippen molar-refractivity contribution in [3.8, 4) is 0 Å². The summed E-state index contributed by atoms with van der Waals surface area (Å²) in [7, 11) is 0.